The molecule has 0 radical (unpaired) electrons. The molecule has 25 heavy (non-hydrogen) atoms. The van der Waals surface area contributed by atoms with E-state index in [1.165, 1.54) is 16.7 Å². The number of hydrogen-bond donors (Lipinski definition) is 0. The van der Waals surface area contributed by atoms with Crippen molar-refractivity contribution in [2.45, 2.75) is 13.5 Å². The minimum absolute atomic E-state index is 0.176. The van der Waals surface area contributed by atoms with Crippen LogP contribution in [0.15, 0.2) is 65.7 Å². The number of benzene rings is 2. The highest BCUT2D eigenvalue weighted by Gasteiger charge is 2.13. The lowest BCUT2D eigenvalue weighted by molar-refractivity contribution is 0.626. The van der Waals surface area contributed by atoms with Crippen LogP contribution in [0.4, 0.5) is 4.39 Å². The van der Waals surface area contributed by atoms with Crippen LogP contribution in [-0.4, -0.2) is 19.1 Å². The molecule has 0 N–H and O–H groups in total. The van der Waals surface area contributed by atoms with Gasteiger partial charge in [0.15, 0.2) is 0 Å². The normalized spacial score (nSPS) is 11.1. The van der Waals surface area contributed by atoms with Gasteiger partial charge in [0, 0.05) is 12.4 Å². The molecular formula is C19H15FN4O. The third-order valence-electron chi connectivity index (χ3n) is 4.17. The first-order chi connectivity index (χ1) is 12.1. The predicted molar refractivity (Wildman–Crippen MR) is 93.4 cm³/mol. The van der Waals surface area contributed by atoms with E-state index in [1.807, 2.05) is 29.8 Å². The number of aryl methyl sites for hydroxylation is 1. The standard InChI is InChI=1S/C19H15FN4O/c1-13-21-10-11-23(13)12-18-22-17-5-3-2-4-16(17)19(25)24(18)15-8-6-14(20)7-9-15/h2-11H,12H2,1H3. The maximum Gasteiger partial charge on any atom is 0.266 e. The van der Waals surface area contributed by atoms with Gasteiger partial charge in [0.25, 0.3) is 5.56 Å². The highest BCUT2D eigenvalue weighted by Crippen LogP contribution is 2.15. The molecule has 0 bridgehead atoms. The average Bonchev–Trinajstić information content (AvgIpc) is 3.01. The Morgan fingerprint density at radius 2 is 1.84 bits per heavy atom. The topological polar surface area (TPSA) is 52.7 Å². The number of hydrogen-bond acceptors (Lipinski definition) is 3. The van der Waals surface area contributed by atoms with Crippen LogP contribution < -0.4 is 5.56 Å². The van der Waals surface area contributed by atoms with Crippen molar-refractivity contribution >= 4 is 10.9 Å². The molecule has 124 valence electrons. The minimum Gasteiger partial charge on any atom is -0.328 e. The van der Waals surface area contributed by atoms with E-state index in [2.05, 4.69) is 9.97 Å². The molecule has 0 atom stereocenters. The molecule has 0 spiro atoms. The zero-order valence-corrected chi connectivity index (χ0v) is 13.6. The summed E-state index contributed by atoms with van der Waals surface area (Å²) in [6.45, 7) is 2.28. The molecule has 0 saturated carbocycles. The molecule has 6 heteroatoms. The predicted octanol–water partition coefficient (Wildman–Crippen LogP) is 3.08. The fraction of sp³-hybridized carbons (Fsp3) is 0.105. The molecule has 0 saturated heterocycles. The second-order valence-corrected chi connectivity index (χ2v) is 5.76. The Balaban J connectivity index is 1.98. The van der Waals surface area contributed by atoms with Crippen LogP contribution in [0.5, 0.6) is 0 Å². The van der Waals surface area contributed by atoms with Crippen LogP contribution in [0.2, 0.25) is 0 Å². The van der Waals surface area contributed by atoms with Gasteiger partial charge in [0.2, 0.25) is 0 Å². The summed E-state index contributed by atoms with van der Waals surface area (Å²) in [7, 11) is 0. The number of para-hydroxylation sites is 1. The summed E-state index contributed by atoms with van der Waals surface area (Å²) >= 11 is 0. The molecule has 0 aliphatic heterocycles. The van der Waals surface area contributed by atoms with Crippen LogP contribution in [-0.2, 0) is 6.54 Å². The van der Waals surface area contributed by atoms with Gasteiger partial charge in [-0.3, -0.25) is 9.36 Å². The SMILES string of the molecule is Cc1nccn1Cc1nc2ccccc2c(=O)n1-c1ccc(F)cc1. The quantitative estimate of drug-likeness (QED) is 0.578. The van der Waals surface area contributed by atoms with Gasteiger partial charge in [-0.15, -0.1) is 0 Å². The number of rotatable bonds is 3. The summed E-state index contributed by atoms with van der Waals surface area (Å²) in [5.41, 5.74) is 1.04. The maximum atomic E-state index is 13.3. The van der Waals surface area contributed by atoms with Gasteiger partial charge < -0.3 is 4.57 Å². The Kier molecular flexibility index (Phi) is 3.65. The fourth-order valence-corrected chi connectivity index (χ4v) is 2.86. The lowest BCUT2D eigenvalue weighted by Crippen LogP contribution is -2.25. The lowest BCUT2D eigenvalue weighted by atomic mass is 10.2. The van der Waals surface area contributed by atoms with Crippen molar-refractivity contribution in [3.63, 3.8) is 0 Å². The zero-order chi connectivity index (χ0) is 17.4. The summed E-state index contributed by atoms with van der Waals surface area (Å²) in [4.78, 5) is 21.9. The lowest BCUT2D eigenvalue weighted by Gasteiger charge is -2.14. The first kappa shape index (κ1) is 15.3. The Bertz CT molecular complexity index is 1110. The van der Waals surface area contributed by atoms with Gasteiger partial charge in [-0.05, 0) is 43.3 Å². The molecule has 0 amide bonds. The number of imidazole rings is 1. The zero-order valence-electron chi connectivity index (χ0n) is 13.6. The molecular weight excluding hydrogens is 319 g/mol. The van der Waals surface area contributed by atoms with Crippen molar-refractivity contribution in [2.75, 3.05) is 0 Å². The second-order valence-electron chi connectivity index (χ2n) is 5.76. The van der Waals surface area contributed by atoms with Crippen molar-refractivity contribution in [2.24, 2.45) is 0 Å². The van der Waals surface area contributed by atoms with Crippen molar-refractivity contribution in [3.8, 4) is 5.69 Å². The van der Waals surface area contributed by atoms with Crippen LogP contribution in [0.3, 0.4) is 0 Å². The van der Waals surface area contributed by atoms with Crippen molar-refractivity contribution in [1.29, 1.82) is 0 Å². The molecule has 0 fully saturated rings. The van der Waals surface area contributed by atoms with E-state index in [9.17, 15) is 9.18 Å². The molecule has 4 rings (SSSR count). The van der Waals surface area contributed by atoms with E-state index >= 15 is 0 Å². The molecule has 0 aliphatic rings. The maximum absolute atomic E-state index is 13.3. The Morgan fingerprint density at radius 1 is 1.08 bits per heavy atom. The van der Waals surface area contributed by atoms with E-state index in [0.717, 1.165) is 5.82 Å². The molecule has 0 unspecified atom stereocenters. The first-order valence-corrected chi connectivity index (χ1v) is 7.88. The smallest absolute Gasteiger partial charge is 0.266 e. The molecule has 2 heterocycles. The van der Waals surface area contributed by atoms with Crippen LogP contribution in [0, 0.1) is 12.7 Å². The largest absolute Gasteiger partial charge is 0.328 e. The molecule has 2 aromatic carbocycles. The monoisotopic (exact) mass is 334 g/mol. The second kappa shape index (κ2) is 5.98. The van der Waals surface area contributed by atoms with Gasteiger partial charge in [-0.25, -0.2) is 14.4 Å². The Morgan fingerprint density at radius 3 is 2.56 bits per heavy atom. The van der Waals surface area contributed by atoms with Gasteiger partial charge in [-0.1, -0.05) is 12.1 Å². The first-order valence-electron chi connectivity index (χ1n) is 7.88. The van der Waals surface area contributed by atoms with E-state index in [0.29, 0.717) is 29.0 Å². The summed E-state index contributed by atoms with van der Waals surface area (Å²) in [5.74, 6) is 1.04. The van der Waals surface area contributed by atoms with E-state index in [1.54, 1.807) is 30.5 Å². The number of aromatic nitrogens is 4. The van der Waals surface area contributed by atoms with Gasteiger partial charge >= 0.3 is 0 Å². The number of fused-ring (bicyclic) bond motifs is 1. The Hall–Kier alpha value is -3.28. The minimum atomic E-state index is -0.349. The summed E-state index contributed by atoms with van der Waals surface area (Å²) in [6, 6.07) is 13.1. The highest BCUT2D eigenvalue weighted by atomic mass is 19.1. The van der Waals surface area contributed by atoms with Crippen LogP contribution >= 0.6 is 0 Å². The van der Waals surface area contributed by atoms with Crippen molar-refractivity contribution in [1.82, 2.24) is 19.1 Å². The summed E-state index contributed by atoms with van der Waals surface area (Å²) < 4.78 is 16.7. The van der Waals surface area contributed by atoms with Crippen LogP contribution in [0.1, 0.15) is 11.6 Å². The van der Waals surface area contributed by atoms with Crippen molar-refractivity contribution in [3.05, 3.63) is 88.7 Å². The molecule has 4 aromatic rings. The van der Waals surface area contributed by atoms with E-state index in [4.69, 9.17) is 0 Å². The van der Waals surface area contributed by atoms with E-state index in [-0.39, 0.29) is 11.4 Å². The fourth-order valence-electron chi connectivity index (χ4n) is 2.86. The molecule has 5 nitrogen and oxygen atoms in total. The van der Waals surface area contributed by atoms with Crippen molar-refractivity contribution < 1.29 is 4.39 Å². The van der Waals surface area contributed by atoms with Gasteiger partial charge in [-0.2, -0.15) is 0 Å². The molecule has 0 aliphatic carbocycles. The van der Waals surface area contributed by atoms with Gasteiger partial charge in [0.1, 0.15) is 17.5 Å². The average molecular weight is 334 g/mol. The van der Waals surface area contributed by atoms with Gasteiger partial charge in [0.05, 0.1) is 23.1 Å². The van der Waals surface area contributed by atoms with Crippen LogP contribution in [0.25, 0.3) is 16.6 Å². The highest BCUT2D eigenvalue weighted by molar-refractivity contribution is 5.77. The number of nitrogens with zero attached hydrogens (tertiary/aromatic N) is 4. The summed E-state index contributed by atoms with van der Waals surface area (Å²) in [5, 5.41) is 0.526. The third kappa shape index (κ3) is 2.71. The Labute approximate surface area is 143 Å². The molecule has 2 aromatic heterocycles. The number of halogens is 1. The third-order valence-corrected chi connectivity index (χ3v) is 4.17. The summed E-state index contributed by atoms with van der Waals surface area (Å²) in [6.07, 6.45) is 3.54. The van der Waals surface area contributed by atoms with E-state index < -0.39 is 0 Å².